The number of nitrogens with one attached hydrogen (secondary N) is 1. The van der Waals surface area contributed by atoms with Gasteiger partial charge in [-0.1, -0.05) is 26.7 Å². The predicted octanol–water partition coefficient (Wildman–Crippen LogP) is 3.29. The van der Waals surface area contributed by atoms with Crippen LogP contribution in [0, 0.1) is 5.92 Å². The van der Waals surface area contributed by atoms with E-state index in [0.717, 1.165) is 12.8 Å². The van der Waals surface area contributed by atoms with Crippen LogP contribution >= 0.6 is 11.6 Å². The van der Waals surface area contributed by atoms with Crippen LogP contribution < -0.4 is 4.72 Å². The standard InChI is InChI=1S/C11H21ClF3NO2S/c1-3-9(4-2)10(12)8-16-19(17,18)7-5-6-11(13,14)15/h9-10,16H,3-8H2,1-2H3. The zero-order valence-electron chi connectivity index (χ0n) is 11.1. The molecule has 0 bridgehead atoms. The summed E-state index contributed by atoms with van der Waals surface area (Å²) in [6.07, 6.45) is -4.18. The van der Waals surface area contributed by atoms with Crippen molar-refractivity contribution in [2.24, 2.45) is 5.92 Å². The summed E-state index contributed by atoms with van der Waals surface area (Å²) in [5, 5.41) is -0.340. The maximum absolute atomic E-state index is 11.9. The van der Waals surface area contributed by atoms with Gasteiger partial charge < -0.3 is 0 Å². The lowest BCUT2D eigenvalue weighted by Crippen LogP contribution is -2.34. The molecule has 0 aliphatic heterocycles. The molecule has 0 amide bonds. The van der Waals surface area contributed by atoms with Gasteiger partial charge in [0.25, 0.3) is 0 Å². The molecular formula is C11H21ClF3NO2S. The lowest BCUT2D eigenvalue weighted by atomic mass is 9.99. The summed E-state index contributed by atoms with van der Waals surface area (Å²) in [4.78, 5) is 0. The molecule has 0 aliphatic rings. The van der Waals surface area contributed by atoms with Crippen LogP contribution in [-0.4, -0.2) is 32.3 Å². The third-order valence-electron chi connectivity index (χ3n) is 2.93. The van der Waals surface area contributed by atoms with E-state index in [1.165, 1.54) is 0 Å². The number of rotatable bonds is 9. The summed E-state index contributed by atoms with van der Waals surface area (Å²) in [5.41, 5.74) is 0. The van der Waals surface area contributed by atoms with Gasteiger partial charge in [-0.25, -0.2) is 13.1 Å². The van der Waals surface area contributed by atoms with Gasteiger partial charge in [-0.05, 0) is 12.3 Å². The first-order valence-electron chi connectivity index (χ1n) is 6.29. The van der Waals surface area contributed by atoms with Gasteiger partial charge in [-0.15, -0.1) is 11.6 Å². The van der Waals surface area contributed by atoms with Crippen LogP contribution in [0.5, 0.6) is 0 Å². The maximum atomic E-state index is 11.9. The summed E-state index contributed by atoms with van der Waals surface area (Å²) < 4.78 is 61.0. The van der Waals surface area contributed by atoms with Crippen LogP contribution in [0.4, 0.5) is 13.2 Å². The molecule has 0 fully saturated rings. The fourth-order valence-corrected chi connectivity index (χ4v) is 3.34. The van der Waals surface area contributed by atoms with E-state index in [-0.39, 0.29) is 17.8 Å². The molecule has 8 heteroatoms. The first-order chi connectivity index (χ1) is 8.61. The number of sulfonamides is 1. The minimum absolute atomic E-state index is 0.0578. The summed E-state index contributed by atoms with van der Waals surface area (Å²) >= 11 is 6.05. The van der Waals surface area contributed by atoms with Crippen LogP contribution in [-0.2, 0) is 10.0 Å². The van der Waals surface area contributed by atoms with Gasteiger partial charge >= 0.3 is 6.18 Å². The summed E-state index contributed by atoms with van der Waals surface area (Å²) in [5.74, 6) is -0.335. The van der Waals surface area contributed by atoms with Gasteiger partial charge in [0.1, 0.15) is 0 Å². The third kappa shape index (κ3) is 9.51. The second kappa shape index (κ2) is 8.32. The Hall–Kier alpha value is -0.0100. The Labute approximate surface area is 117 Å². The molecule has 116 valence electrons. The van der Waals surface area contributed by atoms with Gasteiger partial charge in [0.2, 0.25) is 10.0 Å². The van der Waals surface area contributed by atoms with Gasteiger partial charge in [-0.3, -0.25) is 0 Å². The summed E-state index contributed by atoms with van der Waals surface area (Å²) in [7, 11) is -3.68. The van der Waals surface area contributed by atoms with Crippen LogP contribution in [0.1, 0.15) is 39.5 Å². The fourth-order valence-electron chi connectivity index (χ4n) is 1.71. The molecule has 0 aromatic heterocycles. The highest BCUT2D eigenvalue weighted by Gasteiger charge is 2.27. The Kier molecular flexibility index (Phi) is 8.31. The average molecular weight is 324 g/mol. The molecule has 0 aliphatic carbocycles. The van der Waals surface area contributed by atoms with Crippen molar-refractivity contribution in [3.05, 3.63) is 0 Å². The van der Waals surface area contributed by atoms with Crippen molar-refractivity contribution in [3.8, 4) is 0 Å². The third-order valence-corrected chi connectivity index (χ3v) is 4.88. The van der Waals surface area contributed by atoms with Crippen LogP contribution in [0.15, 0.2) is 0 Å². The average Bonchev–Trinajstić information content (AvgIpc) is 2.26. The second-order valence-corrected chi connectivity index (χ2v) is 6.97. The predicted molar refractivity (Wildman–Crippen MR) is 70.8 cm³/mol. The number of hydrogen-bond acceptors (Lipinski definition) is 2. The lowest BCUT2D eigenvalue weighted by Gasteiger charge is -2.19. The molecule has 0 saturated heterocycles. The molecule has 0 aromatic rings. The normalized spacial score (nSPS) is 14.9. The van der Waals surface area contributed by atoms with Gasteiger partial charge in [0.15, 0.2) is 0 Å². The molecule has 0 rings (SSSR count). The van der Waals surface area contributed by atoms with Crippen molar-refractivity contribution < 1.29 is 21.6 Å². The van der Waals surface area contributed by atoms with E-state index in [1.54, 1.807) is 0 Å². The van der Waals surface area contributed by atoms with E-state index >= 15 is 0 Å². The Bertz CT molecular complexity index is 342. The van der Waals surface area contributed by atoms with Crippen molar-refractivity contribution >= 4 is 21.6 Å². The highest BCUT2D eigenvalue weighted by atomic mass is 35.5. The molecule has 1 N–H and O–H groups in total. The first kappa shape index (κ1) is 19.0. The van der Waals surface area contributed by atoms with E-state index in [4.69, 9.17) is 11.6 Å². The number of halogens is 4. The molecule has 0 aromatic carbocycles. The van der Waals surface area contributed by atoms with Gasteiger partial charge in [0, 0.05) is 18.3 Å². The maximum Gasteiger partial charge on any atom is 0.389 e. The minimum Gasteiger partial charge on any atom is -0.214 e. The molecule has 19 heavy (non-hydrogen) atoms. The number of alkyl halides is 4. The van der Waals surface area contributed by atoms with Gasteiger partial charge in [0.05, 0.1) is 5.75 Å². The SMILES string of the molecule is CCC(CC)C(Cl)CNS(=O)(=O)CCCC(F)(F)F. The summed E-state index contributed by atoms with van der Waals surface area (Å²) in [6, 6.07) is 0. The smallest absolute Gasteiger partial charge is 0.214 e. The highest BCUT2D eigenvalue weighted by molar-refractivity contribution is 7.89. The molecule has 0 radical (unpaired) electrons. The number of hydrogen-bond donors (Lipinski definition) is 1. The lowest BCUT2D eigenvalue weighted by molar-refractivity contribution is -0.134. The quantitative estimate of drug-likeness (QED) is 0.662. The van der Waals surface area contributed by atoms with E-state index in [9.17, 15) is 21.6 Å². The monoisotopic (exact) mass is 323 g/mol. The van der Waals surface area contributed by atoms with E-state index in [0.29, 0.717) is 0 Å². The molecule has 0 heterocycles. The minimum atomic E-state index is -4.32. The van der Waals surface area contributed by atoms with Crippen molar-refractivity contribution in [3.63, 3.8) is 0 Å². The molecule has 1 atom stereocenters. The Morgan fingerprint density at radius 1 is 1.21 bits per heavy atom. The van der Waals surface area contributed by atoms with Crippen LogP contribution in [0.2, 0.25) is 0 Å². The van der Waals surface area contributed by atoms with E-state index < -0.39 is 34.8 Å². The van der Waals surface area contributed by atoms with Crippen molar-refractivity contribution in [2.45, 2.75) is 51.1 Å². The first-order valence-corrected chi connectivity index (χ1v) is 8.38. The van der Waals surface area contributed by atoms with Crippen molar-refractivity contribution in [1.82, 2.24) is 4.72 Å². The highest BCUT2D eigenvalue weighted by Crippen LogP contribution is 2.21. The largest absolute Gasteiger partial charge is 0.389 e. The zero-order chi connectivity index (χ0) is 15.1. The second-order valence-electron chi connectivity index (χ2n) is 4.48. The molecule has 3 nitrogen and oxygen atoms in total. The van der Waals surface area contributed by atoms with E-state index in [1.807, 2.05) is 13.8 Å². The Balaban J connectivity index is 4.10. The summed E-state index contributed by atoms with van der Waals surface area (Å²) in [6.45, 7) is 3.98. The zero-order valence-corrected chi connectivity index (χ0v) is 12.7. The van der Waals surface area contributed by atoms with E-state index in [2.05, 4.69) is 4.72 Å². The van der Waals surface area contributed by atoms with Crippen LogP contribution in [0.3, 0.4) is 0 Å². The Morgan fingerprint density at radius 2 is 1.74 bits per heavy atom. The molecule has 0 saturated carbocycles. The topological polar surface area (TPSA) is 46.2 Å². The molecular weight excluding hydrogens is 303 g/mol. The van der Waals surface area contributed by atoms with Crippen molar-refractivity contribution in [2.75, 3.05) is 12.3 Å². The van der Waals surface area contributed by atoms with Gasteiger partial charge in [-0.2, -0.15) is 13.2 Å². The van der Waals surface area contributed by atoms with Crippen LogP contribution in [0.25, 0.3) is 0 Å². The molecule has 0 spiro atoms. The molecule has 1 unspecified atom stereocenters. The fraction of sp³-hybridized carbons (Fsp3) is 1.00. The van der Waals surface area contributed by atoms with Crippen molar-refractivity contribution in [1.29, 1.82) is 0 Å². The Morgan fingerprint density at radius 3 is 2.16 bits per heavy atom.